The highest BCUT2D eigenvalue weighted by Gasteiger charge is 2.35. The maximum atomic E-state index is 14.7. The molecule has 0 spiro atoms. The van der Waals surface area contributed by atoms with Gasteiger partial charge in [0.2, 0.25) is 0 Å². The van der Waals surface area contributed by atoms with E-state index in [0.29, 0.717) is 30.0 Å². The largest absolute Gasteiger partial charge is 0.497 e. The molecule has 2 amide bonds. The summed E-state index contributed by atoms with van der Waals surface area (Å²) in [4.78, 5) is 32.6. The average Bonchev–Trinajstić information content (AvgIpc) is 3.13. The summed E-state index contributed by atoms with van der Waals surface area (Å²) in [6.45, 7) is 0.0788. The van der Waals surface area contributed by atoms with Crippen LogP contribution in [0.25, 0.3) is 0 Å². The molecular weight excluding hydrogens is 343 g/mol. The van der Waals surface area contributed by atoms with E-state index in [-0.39, 0.29) is 6.54 Å². The van der Waals surface area contributed by atoms with Gasteiger partial charge in [0.05, 0.1) is 26.2 Å². The zero-order valence-electron chi connectivity index (χ0n) is 14.4. The smallest absolute Gasteiger partial charge is 0.325 e. The molecule has 9 heteroatoms. The van der Waals surface area contributed by atoms with Gasteiger partial charge in [0, 0.05) is 30.3 Å². The number of amides is 2. The van der Waals surface area contributed by atoms with Gasteiger partial charge in [0.25, 0.3) is 0 Å². The van der Waals surface area contributed by atoms with Gasteiger partial charge in [0.15, 0.2) is 0 Å². The maximum Gasteiger partial charge on any atom is 0.325 e. The van der Waals surface area contributed by atoms with Crippen LogP contribution in [0.2, 0.25) is 0 Å². The molecule has 2 N–H and O–H groups in total. The standard InChI is InChI=1S/C17H19FN4O4/c1-25-10-3-4-11(12(18)7-10)16-15-13(20-9-21-15)5-6-22(16)17(24)19-8-14(23)26-2/h3-4,7,9,16H,5-6,8H2,1-2H3,(H,19,24)(H,20,21)/t16-/m1/s1. The minimum atomic E-state index is -0.714. The third-order valence-electron chi connectivity index (χ3n) is 4.30. The highest BCUT2D eigenvalue weighted by atomic mass is 19.1. The third kappa shape index (κ3) is 3.32. The van der Waals surface area contributed by atoms with Crippen LogP contribution in [0.15, 0.2) is 24.5 Å². The summed E-state index contributed by atoms with van der Waals surface area (Å²) in [7, 11) is 2.69. The summed E-state index contributed by atoms with van der Waals surface area (Å²) < 4.78 is 24.2. The molecule has 2 heterocycles. The number of nitrogens with one attached hydrogen (secondary N) is 2. The topological polar surface area (TPSA) is 96.6 Å². The Morgan fingerprint density at radius 2 is 2.23 bits per heavy atom. The Kier molecular flexibility index (Phi) is 5.06. The van der Waals surface area contributed by atoms with Crippen LogP contribution in [-0.4, -0.2) is 54.2 Å². The quantitative estimate of drug-likeness (QED) is 0.801. The Balaban J connectivity index is 1.94. The molecule has 0 radical (unpaired) electrons. The Bertz CT molecular complexity index is 823. The van der Waals surface area contributed by atoms with Gasteiger partial charge in [-0.25, -0.2) is 14.2 Å². The first-order valence-electron chi connectivity index (χ1n) is 8.02. The van der Waals surface area contributed by atoms with Crippen LogP contribution < -0.4 is 10.1 Å². The van der Waals surface area contributed by atoms with Gasteiger partial charge in [-0.05, 0) is 12.1 Å². The minimum Gasteiger partial charge on any atom is -0.497 e. The summed E-state index contributed by atoms with van der Waals surface area (Å²) >= 11 is 0. The van der Waals surface area contributed by atoms with Gasteiger partial charge in [-0.3, -0.25) is 4.79 Å². The number of urea groups is 1. The van der Waals surface area contributed by atoms with Crippen molar-refractivity contribution in [1.82, 2.24) is 20.2 Å². The number of aromatic nitrogens is 2. The zero-order valence-corrected chi connectivity index (χ0v) is 14.4. The van der Waals surface area contributed by atoms with Gasteiger partial charge >= 0.3 is 12.0 Å². The molecule has 138 valence electrons. The summed E-state index contributed by atoms with van der Waals surface area (Å²) in [5.74, 6) is -0.690. The van der Waals surface area contributed by atoms with Crippen LogP contribution in [-0.2, 0) is 16.0 Å². The summed E-state index contributed by atoms with van der Waals surface area (Å²) in [6.07, 6.45) is 2.07. The lowest BCUT2D eigenvalue weighted by atomic mass is 9.95. The number of benzene rings is 1. The predicted molar refractivity (Wildman–Crippen MR) is 89.2 cm³/mol. The van der Waals surface area contributed by atoms with Crippen molar-refractivity contribution < 1.29 is 23.5 Å². The fourth-order valence-corrected chi connectivity index (χ4v) is 2.99. The molecule has 1 aromatic carbocycles. The number of hydrogen-bond donors (Lipinski definition) is 2. The molecule has 1 aromatic heterocycles. The van der Waals surface area contributed by atoms with Gasteiger partial charge in [0.1, 0.15) is 24.2 Å². The van der Waals surface area contributed by atoms with Crippen molar-refractivity contribution in [3.8, 4) is 5.75 Å². The molecule has 8 nitrogen and oxygen atoms in total. The third-order valence-corrected chi connectivity index (χ3v) is 4.30. The molecule has 0 saturated heterocycles. The fourth-order valence-electron chi connectivity index (χ4n) is 2.99. The number of hydrogen-bond acceptors (Lipinski definition) is 5. The number of halogens is 1. The number of carbonyl (C=O) groups excluding carboxylic acids is 2. The molecule has 3 rings (SSSR count). The van der Waals surface area contributed by atoms with E-state index in [1.54, 1.807) is 12.1 Å². The van der Waals surface area contributed by atoms with Crippen LogP contribution in [0, 0.1) is 5.82 Å². The molecule has 1 atom stereocenters. The van der Waals surface area contributed by atoms with Gasteiger partial charge in [-0.1, -0.05) is 0 Å². The van der Waals surface area contributed by atoms with E-state index in [1.807, 2.05) is 0 Å². The van der Waals surface area contributed by atoms with Crippen molar-refractivity contribution in [1.29, 1.82) is 0 Å². The normalized spacial score (nSPS) is 16.0. The highest BCUT2D eigenvalue weighted by molar-refractivity contribution is 5.81. The molecule has 0 saturated carbocycles. The maximum absolute atomic E-state index is 14.7. The molecule has 1 aliphatic heterocycles. The average molecular weight is 362 g/mol. The van der Waals surface area contributed by atoms with E-state index in [1.165, 1.54) is 31.5 Å². The van der Waals surface area contributed by atoms with Crippen LogP contribution in [0.1, 0.15) is 23.0 Å². The molecule has 0 unspecified atom stereocenters. The summed E-state index contributed by atoms with van der Waals surface area (Å²) in [6, 6.07) is 3.26. The molecule has 1 aliphatic rings. The van der Waals surface area contributed by atoms with E-state index < -0.39 is 23.9 Å². The number of ether oxygens (including phenoxy) is 2. The summed E-state index contributed by atoms with van der Waals surface area (Å²) in [5, 5.41) is 2.50. The Labute approximate surface area is 149 Å². The van der Waals surface area contributed by atoms with E-state index in [2.05, 4.69) is 20.0 Å². The van der Waals surface area contributed by atoms with Gasteiger partial charge in [-0.2, -0.15) is 0 Å². The Hall–Kier alpha value is -3.10. The van der Waals surface area contributed by atoms with Crippen molar-refractivity contribution in [3.05, 3.63) is 47.3 Å². The summed E-state index contributed by atoms with van der Waals surface area (Å²) in [5.41, 5.74) is 1.72. The first-order chi connectivity index (χ1) is 12.5. The van der Waals surface area contributed by atoms with E-state index in [0.717, 1.165) is 5.69 Å². The van der Waals surface area contributed by atoms with Crippen LogP contribution in [0.3, 0.4) is 0 Å². The first kappa shape index (κ1) is 17.7. The lowest BCUT2D eigenvalue weighted by Crippen LogP contribution is -2.47. The van der Waals surface area contributed by atoms with Crippen molar-refractivity contribution in [2.24, 2.45) is 0 Å². The van der Waals surface area contributed by atoms with Crippen LogP contribution in [0.4, 0.5) is 9.18 Å². The van der Waals surface area contributed by atoms with Crippen molar-refractivity contribution in [2.45, 2.75) is 12.5 Å². The number of carbonyl (C=O) groups is 2. The second-order valence-electron chi connectivity index (χ2n) is 5.73. The molecular formula is C17H19FN4O4. The molecule has 26 heavy (non-hydrogen) atoms. The second kappa shape index (κ2) is 7.42. The number of fused-ring (bicyclic) bond motifs is 1. The van der Waals surface area contributed by atoms with E-state index >= 15 is 0 Å². The molecule has 0 bridgehead atoms. The SMILES string of the molecule is COC(=O)CNC(=O)N1CCc2[nH]cnc2[C@H]1c1ccc(OC)cc1F. The fraction of sp³-hybridized carbons (Fsp3) is 0.353. The number of rotatable bonds is 4. The van der Waals surface area contributed by atoms with Gasteiger partial charge in [-0.15, -0.1) is 0 Å². The first-order valence-corrected chi connectivity index (χ1v) is 8.02. The van der Waals surface area contributed by atoms with Crippen LogP contribution in [0.5, 0.6) is 5.75 Å². The predicted octanol–water partition coefficient (Wildman–Crippen LogP) is 1.39. The minimum absolute atomic E-state index is 0.267. The number of H-pyrrole nitrogens is 1. The van der Waals surface area contributed by atoms with Gasteiger partial charge < -0.3 is 24.7 Å². The highest BCUT2D eigenvalue weighted by Crippen LogP contribution is 2.35. The number of methoxy groups -OCH3 is 2. The zero-order chi connectivity index (χ0) is 18.7. The van der Waals surface area contributed by atoms with E-state index in [9.17, 15) is 14.0 Å². The van der Waals surface area contributed by atoms with Crippen LogP contribution >= 0.6 is 0 Å². The van der Waals surface area contributed by atoms with Crippen molar-refractivity contribution in [2.75, 3.05) is 27.3 Å². The molecule has 0 fully saturated rings. The van der Waals surface area contributed by atoms with Crippen molar-refractivity contribution in [3.63, 3.8) is 0 Å². The Morgan fingerprint density at radius 1 is 1.42 bits per heavy atom. The number of esters is 1. The lowest BCUT2D eigenvalue weighted by molar-refractivity contribution is -0.139. The number of nitrogens with zero attached hydrogens (tertiary/aromatic N) is 2. The molecule has 0 aliphatic carbocycles. The van der Waals surface area contributed by atoms with Crippen molar-refractivity contribution >= 4 is 12.0 Å². The Morgan fingerprint density at radius 3 is 2.92 bits per heavy atom. The number of imidazole rings is 1. The number of aromatic amines is 1. The monoisotopic (exact) mass is 362 g/mol. The lowest BCUT2D eigenvalue weighted by Gasteiger charge is -2.35. The second-order valence-corrected chi connectivity index (χ2v) is 5.73. The molecule has 2 aromatic rings. The van der Waals surface area contributed by atoms with E-state index in [4.69, 9.17) is 4.74 Å².